The molecule has 4 heteroatoms. The zero-order valence-corrected chi connectivity index (χ0v) is 13.0. The van der Waals surface area contributed by atoms with Crippen molar-refractivity contribution in [1.82, 2.24) is 5.01 Å². The molecule has 106 valence electrons. The number of allylic oxidation sites excluding steroid dienone is 1. The zero-order chi connectivity index (χ0) is 14.5. The number of unbranched alkanes of at least 4 members (excludes halogenated alkanes) is 1. The second-order valence-corrected chi connectivity index (χ2v) is 6.07. The fraction of sp³-hybridized carbons (Fsp3) is 0.375. The van der Waals surface area contributed by atoms with E-state index >= 15 is 0 Å². The molecular formula is C16H20N2OS. The Morgan fingerprint density at radius 2 is 2.10 bits per heavy atom. The number of ketones is 1. The normalized spacial score (nSPS) is 16.6. The van der Waals surface area contributed by atoms with Gasteiger partial charge in [-0.05, 0) is 25.8 Å². The molecule has 1 aromatic rings. The van der Waals surface area contributed by atoms with E-state index in [0.29, 0.717) is 0 Å². The minimum absolute atomic E-state index is 0.0528. The van der Waals surface area contributed by atoms with E-state index in [2.05, 4.69) is 12.0 Å². The van der Waals surface area contributed by atoms with Crippen LogP contribution in [0.3, 0.4) is 0 Å². The highest BCUT2D eigenvalue weighted by atomic mass is 32.2. The van der Waals surface area contributed by atoms with Crippen LogP contribution in [0.1, 0.15) is 42.6 Å². The smallest absolute Gasteiger partial charge is 0.188 e. The van der Waals surface area contributed by atoms with Crippen molar-refractivity contribution >= 4 is 22.6 Å². The third-order valence-corrected chi connectivity index (χ3v) is 4.07. The molecule has 0 aliphatic carbocycles. The fourth-order valence-corrected chi connectivity index (χ4v) is 2.90. The van der Waals surface area contributed by atoms with E-state index in [9.17, 15) is 4.79 Å². The first kappa shape index (κ1) is 14.9. The monoisotopic (exact) mass is 288 g/mol. The summed E-state index contributed by atoms with van der Waals surface area (Å²) in [5.41, 5.74) is 1.77. The van der Waals surface area contributed by atoms with Gasteiger partial charge in [-0.15, -0.1) is 0 Å². The van der Waals surface area contributed by atoms with Crippen LogP contribution in [-0.4, -0.2) is 22.4 Å². The molecule has 0 fully saturated rings. The van der Waals surface area contributed by atoms with E-state index in [0.717, 1.165) is 40.6 Å². The maximum absolute atomic E-state index is 12.4. The molecule has 0 saturated heterocycles. The number of hydrogen-bond donors (Lipinski definition) is 0. The molecule has 0 spiro atoms. The van der Waals surface area contributed by atoms with Crippen molar-refractivity contribution in [3.63, 3.8) is 0 Å². The highest BCUT2D eigenvalue weighted by Crippen LogP contribution is 2.30. The molecule has 1 aliphatic heterocycles. The molecule has 2 rings (SSSR count). The van der Waals surface area contributed by atoms with Crippen LogP contribution in [0, 0.1) is 6.92 Å². The maximum Gasteiger partial charge on any atom is 0.188 e. The van der Waals surface area contributed by atoms with Crippen LogP contribution >= 0.6 is 11.8 Å². The van der Waals surface area contributed by atoms with Crippen molar-refractivity contribution in [3.05, 3.63) is 46.5 Å². The lowest BCUT2D eigenvalue weighted by atomic mass is 10.1. The molecule has 0 N–H and O–H groups in total. The van der Waals surface area contributed by atoms with Gasteiger partial charge in [0.2, 0.25) is 0 Å². The highest BCUT2D eigenvalue weighted by Gasteiger charge is 2.20. The Kier molecular flexibility index (Phi) is 5.01. The van der Waals surface area contributed by atoms with Crippen LogP contribution in [0.15, 0.2) is 40.5 Å². The van der Waals surface area contributed by atoms with Gasteiger partial charge in [-0.1, -0.05) is 49.4 Å². The summed E-state index contributed by atoms with van der Waals surface area (Å²) in [4.78, 5) is 12.4. The summed E-state index contributed by atoms with van der Waals surface area (Å²) in [6.45, 7) is 6.96. The van der Waals surface area contributed by atoms with Crippen molar-refractivity contribution in [2.24, 2.45) is 5.10 Å². The molecule has 20 heavy (non-hydrogen) atoms. The molecule has 0 radical (unpaired) electrons. The first-order valence-electron chi connectivity index (χ1n) is 6.94. The summed E-state index contributed by atoms with van der Waals surface area (Å²) in [6.07, 6.45) is 3.91. The maximum atomic E-state index is 12.4. The number of benzene rings is 1. The lowest BCUT2D eigenvalue weighted by molar-refractivity contribution is 0.104. The van der Waals surface area contributed by atoms with Crippen LogP contribution in [0.4, 0.5) is 0 Å². The summed E-state index contributed by atoms with van der Waals surface area (Å²) < 4.78 is 0. The van der Waals surface area contributed by atoms with E-state index < -0.39 is 0 Å². The van der Waals surface area contributed by atoms with Gasteiger partial charge in [0.25, 0.3) is 0 Å². The first-order valence-corrected chi connectivity index (χ1v) is 7.75. The van der Waals surface area contributed by atoms with Gasteiger partial charge in [-0.2, -0.15) is 5.10 Å². The minimum Gasteiger partial charge on any atom is -0.289 e. The van der Waals surface area contributed by atoms with Gasteiger partial charge in [0.1, 0.15) is 5.03 Å². The van der Waals surface area contributed by atoms with Crippen LogP contribution in [0.2, 0.25) is 0 Å². The zero-order valence-electron chi connectivity index (χ0n) is 12.2. The number of nitrogens with zero attached hydrogens (tertiary/aromatic N) is 2. The largest absolute Gasteiger partial charge is 0.289 e. The van der Waals surface area contributed by atoms with Crippen LogP contribution in [0.5, 0.6) is 0 Å². The van der Waals surface area contributed by atoms with E-state index in [1.165, 1.54) is 0 Å². The Hall–Kier alpha value is -1.55. The van der Waals surface area contributed by atoms with Crippen molar-refractivity contribution in [2.75, 3.05) is 6.54 Å². The molecule has 1 aliphatic rings. The standard InChI is InChI=1S/C16H20N2OS/c1-4-5-10-18-16(20-13(3)17-18)11-15(19)14-9-7-6-8-12(14)2/h6-9,11H,4-5,10H2,1-3H3. The Bertz CT molecular complexity index is 563. The molecular weight excluding hydrogens is 268 g/mol. The van der Waals surface area contributed by atoms with Crippen LogP contribution < -0.4 is 0 Å². The lowest BCUT2D eigenvalue weighted by Gasteiger charge is -2.14. The minimum atomic E-state index is 0.0528. The van der Waals surface area contributed by atoms with E-state index in [-0.39, 0.29) is 5.78 Å². The average molecular weight is 288 g/mol. The summed E-state index contributed by atoms with van der Waals surface area (Å²) in [7, 11) is 0. The fourth-order valence-electron chi connectivity index (χ4n) is 2.06. The van der Waals surface area contributed by atoms with Gasteiger partial charge in [0.15, 0.2) is 5.78 Å². The Balaban J connectivity index is 2.17. The molecule has 1 aromatic carbocycles. The van der Waals surface area contributed by atoms with E-state index in [1.54, 1.807) is 17.8 Å². The second kappa shape index (κ2) is 6.75. The van der Waals surface area contributed by atoms with E-state index in [1.807, 2.05) is 43.1 Å². The SMILES string of the molecule is CCCCN1N=C(C)SC1=CC(=O)c1ccccc1C. The Labute approximate surface area is 124 Å². The third-order valence-electron chi connectivity index (χ3n) is 3.16. The number of aryl methyl sites for hydroxylation is 1. The number of hydrogen-bond acceptors (Lipinski definition) is 4. The number of hydrazone groups is 1. The number of rotatable bonds is 5. The van der Waals surface area contributed by atoms with Crippen LogP contribution in [0.25, 0.3) is 0 Å². The van der Waals surface area contributed by atoms with Crippen molar-refractivity contribution in [1.29, 1.82) is 0 Å². The van der Waals surface area contributed by atoms with Gasteiger partial charge >= 0.3 is 0 Å². The molecule has 0 saturated carbocycles. The average Bonchev–Trinajstić information content (AvgIpc) is 2.76. The molecule has 1 heterocycles. The summed E-state index contributed by atoms with van der Waals surface area (Å²) >= 11 is 1.57. The summed E-state index contributed by atoms with van der Waals surface area (Å²) in [5.74, 6) is 0.0528. The number of carbonyl (C=O) groups is 1. The van der Waals surface area contributed by atoms with Crippen molar-refractivity contribution in [3.8, 4) is 0 Å². The van der Waals surface area contributed by atoms with Gasteiger partial charge in [0, 0.05) is 18.2 Å². The van der Waals surface area contributed by atoms with Crippen LogP contribution in [-0.2, 0) is 0 Å². The van der Waals surface area contributed by atoms with Gasteiger partial charge in [-0.25, -0.2) is 0 Å². The Morgan fingerprint density at radius 1 is 1.35 bits per heavy atom. The highest BCUT2D eigenvalue weighted by molar-refractivity contribution is 8.17. The van der Waals surface area contributed by atoms with E-state index in [4.69, 9.17) is 0 Å². The van der Waals surface area contributed by atoms with Gasteiger partial charge in [-0.3, -0.25) is 9.80 Å². The molecule has 0 unspecified atom stereocenters. The summed E-state index contributed by atoms with van der Waals surface area (Å²) in [6, 6.07) is 7.68. The predicted molar refractivity (Wildman–Crippen MR) is 85.9 cm³/mol. The topological polar surface area (TPSA) is 32.7 Å². The molecule has 0 aromatic heterocycles. The quantitative estimate of drug-likeness (QED) is 0.601. The second-order valence-electron chi connectivity index (χ2n) is 4.86. The number of thioether (sulfide) groups is 1. The molecule has 0 bridgehead atoms. The third kappa shape index (κ3) is 3.51. The molecule has 3 nitrogen and oxygen atoms in total. The van der Waals surface area contributed by atoms with Gasteiger partial charge in [0.05, 0.1) is 5.04 Å². The van der Waals surface area contributed by atoms with Crippen molar-refractivity contribution in [2.45, 2.75) is 33.6 Å². The van der Waals surface area contributed by atoms with Gasteiger partial charge < -0.3 is 0 Å². The Morgan fingerprint density at radius 3 is 2.80 bits per heavy atom. The number of carbonyl (C=O) groups excluding carboxylic acids is 1. The lowest BCUT2D eigenvalue weighted by Crippen LogP contribution is -2.14. The molecule has 0 amide bonds. The first-order chi connectivity index (χ1) is 9.61. The predicted octanol–water partition coefficient (Wildman–Crippen LogP) is 4.20. The molecule has 0 atom stereocenters. The summed E-state index contributed by atoms with van der Waals surface area (Å²) in [5, 5.41) is 8.34. The van der Waals surface area contributed by atoms with Crippen molar-refractivity contribution < 1.29 is 4.79 Å².